The van der Waals surface area contributed by atoms with Crippen molar-refractivity contribution >= 4 is 16.8 Å². The first-order valence-electron chi connectivity index (χ1n) is 8.08. The van der Waals surface area contributed by atoms with Crippen LogP contribution < -0.4 is 5.32 Å². The summed E-state index contributed by atoms with van der Waals surface area (Å²) >= 11 is 0. The largest absolute Gasteiger partial charge is 0.394 e. The first-order chi connectivity index (χ1) is 11.6. The Balaban J connectivity index is 2.14. The van der Waals surface area contributed by atoms with Gasteiger partial charge in [0.05, 0.1) is 12.6 Å². The molecule has 1 unspecified atom stereocenters. The molecule has 126 valence electrons. The van der Waals surface area contributed by atoms with Crippen molar-refractivity contribution in [3.63, 3.8) is 0 Å². The fourth-order valence-corrected chi connectivity index (χ4v) is 2.60. The van der Waals surface area contributed by atoms with Crippen LogP contribution in [-0.4, -0.2) is 28.6 Å². The Hall–Kier alpha value is -2.59. The number of benzene rings is 1. The van der Waals surface area contributed by atoms with Crippen molar-refractivity contribution in [3.05, 3.63) is 72.5 Å². The number of hydrogen-bond acceptors (Lipinski definition) is 2. The van der Waals surface area contributed by atoms with Crippen molar-refractivity contribution in [3.8, 4) is 0 Å². The van der Waals surface area contributed by atoms with E-state index in [4.69, 9.17) is 0 Å². The van der Waals surface area contributed by atoms with Crippen LogP contribution in [0.3, 0.4) is 0 Å². The van der Waals surface area contributed by atoms with Crippen molar-refractivity contribution in [2.24, 2.45) is 0 Å². The quantitative estimate of drug-likeness (QED) is 0.651. The van der Waals surface area contributed by atoms with Crippen LogP contribution in [0, 0.1) is 0 Å². The Bertz CT molecular complexity index is 771. The Labute approximate surface area is 142 Å². The number of rotatable bonds is 8. The predicted molar refractivity (Wildman–Crippen MR) is 99.1 cm³/mol. The normalized spacial score (nSPS) is 12.8. The zero-order chi connectivity index (χ0) is 17.5. The maximum atomic E-state index is 12.4. The molecule has 4 heteroatoms. The first kappa shape index (κ1) is 17.8. The summed E-state index contributed by atoms with van der Waals surface area (Å²) in [6, 6.07) is 7.57. The van der Waals surface area contributed by atoms with Crippen molar-refractivity contribution in [1.82, 2.24) is 10.3 Å². The van der Waals surface area contributed by atoms with Gasteiger partial charge < -0.3 is 15.4 Å². The van der Waals surface area contributed by atoms with Gasteiger partial charge in [-0.05, 0) is 42.2 Å². The summed E-state index contributed by atoms with van der Waals surface area (Å²) < 4.78 is 0. The lowest BCUT2D eigenvalue weighted by Gasteiger charge is -2.16. The van der Waals surface area contributed by atoms with E-state index in [1.807, 2.05) is 24.3 Å². The molecule has 2 aromatic rings. The molecule has 1 amide bonds. The molecule has 24 heavy (non-hydrogen) atoms. The lowest BCUT2D eigenvalue weighted by Crippen LogP contribution is -2.37. The van der Waals surface area contributed by atoms with Crippen LogP contribution in [0.5, 0.6) is 0 Å². The SMILES string of the molecule is C=C/C=C(\C=C)CC(CO)NC(=O)c1cc2cc(CC)ccc2[nH]1. The Morgan fingerprint density at radius 3 is 2.79 bits per heavy atom. The van der Waals surface area contributed by atoms with Crippen molar-refractivity contribution < 1.29 is 9.90 Å². The van der Waals surface area contributed by atoms with E-state index in [0.29, 0.717) is 12.1 Å². The van der Waals surface area contributed by atoms with Crippen molar-refractivity contribution in [1.29, 1.82) is 0 Å². The summed E-state index contributed by atoms with van der Waals surface area (Å²) in [7, 11) is 0. The molecule has 0 saturated carbocycles. The van der Waals surface area contributed by atoms with Crippen LogP contribution in [0.15, 0.2) is 61.2 Å². The van der Waals surface area contributed by atoms with E-state index in [1.165, 1.54) is 5.56 Å². The van der Waals surface area contributed by atoms with Crippen LogP contribution >= 0.6 is 0 Å². The third-order valence-electron chi connectivity index (χ3n) is 3.97. The average molecular weight is 324 g/mol. The number of nitrogens with one attached hydrogen (secondary N) is 2. The first-order valence-corrected chi connectivity index (χ1v) is 8.08. The van der Waals surface area contributed by atoms with Gasteiger partial charge in [-0.3, -0.25) is 4.79 Å². The average Bonchev–Trinajstić information content (AvgIpc) is 3.03. The number of hydrogen-bond donors (Lipinski definition) is 3. The van der Waals surface area contributed by atoms with Crippen molar-refractivity contribution in [2.45, 2.75) is 25.8 Å². The molecule has 0 radical (unpaired) electrons. The number of aromatic amines is 1. The number of aliphatic hydroxyl groups excluding tert-OH is 1. The highest BCUT2D eigenvalue weighted by Crippen LogP contribution is 2.18. The van der Waals surface area contributed by atoms with Crippen LogP contribution in [0.25, 0.3) is 10.9 Å². The molecule has 0 fully saturated rings. The fraction of sp³-hybridized carbons (Fsp3) is 0.250. The van der Waals surface area contributed by atoms with Crippen LogP contribution in [0.2, 0.25) is 0 Å². The van der Waals surface area contributed by atoms with Gasteiger partial charge in [0.15, 0.2) is 0 Å². The van der Waals surface area contributed by atoms with E-state index < -0.39 is 0 Å². The van der Waals surface area contributed by atoms with Gasteiger partial charge in [0, 0.05) is 10.9 Å². The number of aliphatic hydroxyl groups is 1. The van der Waals surface area contributed by atoms with Gasteiger partial charge in [-0.2, -0.15) is 0 Å². The lowest BCUT2D eigenvalue weighted by atomic mass is 10.1. The molecule has 1 aromatic carbocycles. The van der Waals surface area contributed by atoms with E-state index in [0.717, 1.165) is 22.9 Å². The molecule has 0 saturated heterocycles. The zero-order valence-electron chi connectivity index (χ0n) is 14.0. The molecule has 2 rings (SSSR count). The van der Waals surface area contributed by atoms with Crippen molar-refractivity contribution in [2.75, 3.05) is 6.61 Å². The maximum Gasteiger partial charge on any atom is 0.268 e. The summed E-state index contributed by atoms with van der Waals surface area (Å²) in [5, 5.41) is 13.4. The highest BCUT2D eigenvalue weighted by atomic mass is 16.3. The molecule has 1 aromatic heterocycles. The standard InChI is InChI=1S/C20H24N2O2/c1-4-7-14(5-2)11-17(13-23)21-20(24)19-12-16-10-15(6-3)8-9-18(16)22-19/h4-5,7-10,12,17,22-23H,1-2,6,11,13H2,3H3,(H,21,24)/b14-7+. The second-order valence-electron chi connectivity index (χ2n) is 5.70. The van der Waals surface area contributed by atoms with Gasteiger partial charge in [0.2, 0.25) is 0 Å². The number of amides is 1. The molecule has 1 atom stereocenters. The molecule has 0 aliphatic carbocycles. The summed E-state index contributed by atoms with van der Waals surface area (Å²) in [5.41, 5.74) is 3.56. The van der Waals surface area contributed by atoms with E-state index in [1.54, 1.807) is 12.2 Å². The topological polar surface area (TPSA) is 65.1 Å². The smallest absolute Gasteiger partial charge is 0.268 e. The molecule has 4 nitrogen and oxygen atoms in total. The van der Waals surface area contributed by atoms with E-state index in [2.05, 4.69) is 36.4 Å². The number of aryl methyl sites for hydroxylation is 1. The van der Waals surface area contributed by atoms with Gasteiger partial charge in [-0.1, -0.05) is 44.4 Å². The molecule has 1 heterocycles. The third kappa shape index (κ3) is 4.24. The summed E-state index contributed by atoms with van der Waals surface area (Å²) in [5.74, 6) is -0.231. The molecule has 0 aliphatic rings. The minimum Gasteiger partial charge on any atom is -0.394 e. The van der Waals surface area contributed by atoms with Crippen LogP contribution in [0.1, 0.15) is 29.4 Å². The molecule has 0 aliphatic heterocycles. The molecule has 0 spiro atoms. The minimum absolute atomic E-state index is 0.145. The number of allylic oxidation sites excluding steroid dienone is 3. The van der Waals surface area contributed by atoms with Gasteiger partial charge in [-0.15, -0.1) is 0 Å². The number of carbonyl (C=O) groups is 1. The second-order valence-corrected chi connectivity index (χ2v) is 5.70. The summed E-state index contributed by atoms with van der Waals surface area (Å²) in [6.45, 7) is 9.34. The Morgan fingerprint density at radius 2 is 2.17 bits per heavy atom. The highest BCUT2D eigenvalue weighted by Gasteiger charge is 2.15. The number of fused-ring (bicyclic) bond motifs is 1. The third-order valence-corrected chi connectivity index (χ3v) is 3.97. The van der Waals surface area contributed by atoms with E-state index >= 15 is 0 Å². The second kappa shape index (κ2) is 8.31. The summed E-state index contributed by atoms with van der Waals surface area (Å²) in [6.07, 6.45) is 6.63. The highest BCUT2D eigenvalue weighted by molar-refractivity contribution is 5.98. The van der Waals surface area contributed by atoms with Crippen LogP contribution in [-0.2, 0) is 6.42 Å². The Kier molecular flexibility index (Phi) is 6.15. The lowest BCUT2D eigenvalue weighted by molar-refractivity contribution is 0.0912. The predicted octanol–water partition coefficient (Wildman–Crippen LogP) is 3.51. The Morgan fingerprint density at radius 1 is 1.38 bits per heavy atom. The summed E-state index contributed by atoms with van der Waals surface area (Å²) in [4.78, 5) is 15.6. The van der Waals surface area contributed by atoms with Gasteiger partial charge in [0.1, 0.15) is 5.69 Å². The number of H-pyrrole nitrogens is 1. The van der Waals surface area contributed by atoms with Gasteiger partial charge >= 0.3 is 0 Å². The molecule has 3 N–H and O–H groups in total. The van der Waals surface area contributed by atoms with Gasteiger partial charge in [-0.25, -0.2) is 0 Å². The number of aromatic nitrogens is 1. The minimum atomic E-state index is -0.376. The zero-order valence-corrected chi connectivity index (χ0v) is 14.0. The van der Waals surface area contributed by atoms with E-state index in [9.17, 15) is 9.90 Å². The maximum absolute atomic E-state index is 12.4. The number of carbonyl (C=O) groups excluding carboxylic acids is 1. The molecular weight excluding hydrogens is 300 g/mol. The van der Waals surface area contributed by atoms with Crippen LogP contribution in [0.4, 0.5) is 0 Å². The van der Waals surface area contributed by atoms with Gasteiger partial charge in [0.25, 0.3) is 5.91 Å². The molecular formula is C20H24N2O2. The fourth-order valence-electron chi connectivity index (χ4n) is 2.60. The van der Waals surface area contributed by atoms with E-state index in [-0.39, 0.29) is 18.6 Å². The monoisotopic (exact) mass is 324 g/mol. The molecule has 0 bridgehead atoms.